The van der Waals surface area contributed by atoms with Crippen LogP contribution in [0.25, 0.3) is 0 Å². The number of amides is 2. The lowest BCUT2D eigenvalue weighted by atomic mass is 9.95. The molecular formula is C25H30N4O3S. The second kappa shape index (κ2) is 10.5. The molecule has 0 aromatic heterocycles. The largest absolute Gasteiger partial charge is 0.463 e. The molecule has 1 atom stereocenters. The number of aryl methyl sites for hydroxylation is 1. The molecule has 0 saturated heterocycles. The van der Waals surface area contributed by atoms with E-state index in [1.165, 1.54) is 0 Å². The van der Waals surface area contributed by atoms with Crippen molar-refractivity contribution in [3.8, 4) is 0 Å². The summed E-state index contributed by atoms with van der Waals surface area (Å²) >= 11 is 5.51. The van der Waals surface area contributed by atoms with Gasteiger partial charge in [0.25, 0.3) is 0 Å². The molecule has 33 heavy (non-hydrogen) atoms. The highest BCUT2D eigenvalue weighted by Gasteiger charge is 2.34. The van der Waals surface area contributed by atoms with E-state index < -0.39 is 6.04 Å². The van der Waals surface area contributed by atoms with Crippen molar-refractivity contribution in [3.63, 3.8) is 0 Å². The van der Waals surface area contributed by atoms with Crippen molar-refractivity contribution in [1.29, 1.82) is 0 Å². The molecule has 0 aliphatic carbocycles. The molecule has 0 spiro atoms. The highest BCUT2D eigenvalue weighted by atomic mass is 32.1. The van der Waals surface area contributed by atoms with Gasteiger partial charge in [0, 0.05) is 23.6 Å². The van der Waals surface area contributed by atoms with E-state index in [0.717, 1.165) is 28.1 Å². The Morgan fingerprint density at radius 1 is 1.06 bits per heavy atom. The molecule has 0 radical (unpaired) electrons. The summed E-state index contributed by atoms with van der Waals surface area (Å²) in [7, 11) is 0. The average Bonchev–Trinajstić information content (AvgIpc) is 2.77. The van der Waals surface area contributed by atoms with Gasteiger partial charge in [0.1, 0.15) is 0 Å². The van der Waals surface area contributed by atoms with Gasteiger partial charge in [-0.3, -0.25) is 0 Å². The minimum absolute atomic E-state index is 0.289. The molecule has 1 heterocycles. The number of rotatable bonds is 6. The molecule has 8 heteroatoms. The predicted octanol–water partition coefficient (Wildman–Crippen LogP) is 5.04. The van der Waals surface area contributed by atoms with Crippen molar-refractivity contribution < 1.29 is 14.3 Å². The number of hydrogen-bond acceptors (Lipinski definition) is 4. The minimum atomic E-state index is -0.433. The van der Waals surface area contributed by atoms with Crippen molar-refractivity contribution in [1.82, 2.24) is 10.2 Å². The van der Waals surface area contributed by atoms with E-state index in [-0.39, 0.29) is 18.6 Å². The lowest BCUT2D eigenvalue weighted by Crippen LogP contribution is -2.47. The molecule has 0 saturated carbocycles. The van der Waals surface area contributed by atoms with Gasteiger partial charge in [-0.05, 0) is 81.7 Å². The van der Waals surface area contributed by atoms with Crippen molar-refractivity contribution >= 4 is 40.7 Å². The van der Waals surface area contributed by atoms with Gasteiger partial charge in [-0.1, -0.05) is 24.3 Å². The molecule has 174 valence electrons. The SMILES string of the molecule is CCOC(=O)C1=C(C)N(CC)C(=S)NC1c1ccc(NC(=O)Nc2cccc(C)c2C)cc1. The number of esters is 1. The van der Waals surface area contributed by atoms with Crippen LogP contribution in [0, 0.1) is 13.8 Å². The monoisotopic (exact) mass is 466 g/mol. The molecule has 1 aliphatic rings. The zero-order valence-corrected chi connectivity index (χ0v) is 20.4. The van der Waals surface area contributed by atoms with Gasteiger partial charge in [-0.15, -0.1) is 0 Å². The molecule has 7 nitrogen and oxygen atoms in total. The molecule has 1 aliphatic heterocycles. The lowest BCUT2D eigenvalue weighted by molar-refractivity contribution is -0.139. The second-order valence-corrected chi connectivity index (χ2v) is 8.18. The van der Waals surface area contributed by atoms with Crippen LogP contribution in [0.15, 0.2) is 53.7 Å². The average molecular weight is 467 g/mol. The molecule has 2 aromatic carbocycles. The van der Waals surface area contributed by atoms with Gasteiger partial charge in [0.2, 0.25) is 0 Å². The van der Waals surface area contributed by atoms with Crippen LogP contribution in [-0.4, -0.2) is 35.2 Å². The highest BCUT2D eigenvalue weighted by Crippen LogP contribution is 2.32. The first-order valence-corrected chi connectivity index (χ1v) is 11.4. The Morgan fingerprint density at radius 3 is 2.39 bits per heavy atom. The summed E-state index contributed by atoms with van der Waals surface area (Å²) in [5, 5.41) is 9.55. The number of carbonyl (C=O) groups is 2. The maximum Gasteiger partial charge on any atom is 0.338 e. The van der Waals surface area contributed by atoms with Crippen LogP contribution < -0.4 is 16.0 Å². The van der Waals surface area contributed by atoms with Gasteiger partial charge in [0.05, 0.1) is 18.2 Å². The summed E-state index contributed by atoms with van der Waals surface area (Å²) < 4.78 is 5.31. The van der Waals surface area contributed by atoms with E-state index >= 15 is 0 Å². The van der Waals surface area contributed by atoms with Gasteiger partial charge < -0.3 is 25.6 Å². The fourth-order valence-corrected chi connectivity index (χ4v) is 4.20. The zero-order valence-electron chi connectivity index (χ0n) is 19.6. The predicted molar refractivity (Wildman–Crippen MR) is 135 cm³/mol. The van der Waals surface area contributed by atoms with Crippen LogP contribution in [0.4, 0.5) is 16.2 Å². The van der Waals surface area contributed by atoms with Gasteiger partial charge in [-0.25, -0.2) is 9.59 Å². The van der Waals surface area contributed by atoms with Crippen LogP contribution in [0.1, 0.15) is 43.5 Å². The van der Waals surface area contributed by atoms with Gasteiger partial charge >= 0.3 is 12.0 Å². The number of ether oxygens (including phenoxy) is 1. The maximum absolute atomic E-state index is 12.7. The molecular weight excluding hydrogens is 436 g/mol. The highest BCUT2D eigenvalue weighted by molar-refractivity contribution is 7.80. The summed E-state index contributed by atoms with van der Waals surface area (Å²) in [5.41, 5.74) is 5.68. The van der Waals surface area contributed by atoms with E-state index in [9.17, 15) is 9.59 Å². The third-order valence-corrected chi connectivity index (χ3v) is 6.10. The van der Waals surface area contributed by atoms with Gasteiger partial charge in [0.15, 0.2) is 5.11 Å². The van der Waals surface area contributed by atoms with Crippen molar-refractivity contribution in [2.75, 3.05) is 23.8 Å². The Kier molecular flexibility index (Phi) is 7.71. The first kappa shape index (κ1) is 24.3. The van der Waals surface area contributed by atoms with Crippen LogP contribution >= 0.6 is 12.2 Å². The maximum atomic E-state index is 12.7. The van der Waals surface area contributed by atoms with Crippen LogP contribution in [-0.2, 0) is 9.53 Å². The molecule has 0 fully saturated rings. The fourth-order valence-electron chi connectivity index (χ4n) is 3.82. The minimum Gasteiger partial charge on any atom is -0.463 e. The zero-order chi connectivity index (χ0) is 24.1. The number of allylic oxidation sites excluding steroid dienone is 1. The summed E-state index contributed by atoms with van der Waals surface area (Å²) in [5.74, 6) is -0.372. The fraction of sp³-hybridized carbons (Fsp3) is 0.320. The van der Waals surface area contributed by atoms with E-state index in [1.807, 2.05) is 62.9 Å². The number of hydrogen-bond donors (Lipinski definition) is 3. The van der Waals surface area contributed by atoms with E-state index in [1.54, 1.807) is 19.1 Å². The molecule has 0 bridgehead atoms. The Hall–Kier alpha value is -3.39. The Labute approximate surface area is 200 Å². The number of benzene rings is 2. The Bertz CT molecular complexity index is 1100. The third-order valence-electron chi connectivity index (χ3n) is 5.76. The smallest absolute Gasteiger partial charge is 0.338 e. The molecule has 3 rings (SSSR count). The molecule has 2 aromatic rings. The first-order valence-electron chi connectivity index (χ1n) is 11.0. The van der Waals surface area contributed by atoms with E-state index in [4.69, 9.17) is 17.0 Å². The topological polar surface area (TPSA) is 82.7 Å². The first-order chi connectivity index (χ1) is 15.8. The van der Waals surface area contributed by atoms with Crippen molar-refractivity contribution in [3.05, 3.63) is 70.4 Å². The second-order valence-electron chi connectivity index (χ2n) is 7.79. The number of nitrogens with zero attached hydrogens (tertiary/aromatic N) is 1. The lowest BCUT2D eigenvalue weighted by Gasteiger charge is -2.37. The Balaban J connectivity index is 1.79. The standard InChI is InChI=1S/C25H30N4O3S/c1-6-29-17(5)21(23(30)32-7-2)22(28-25(29)33)18-11-13-19(14-12-18)26-24(31)27-20-10-8-9-15(3)16(20)4/h8-14,22H,6-7H2,1-5H3,(H,28,33)(H2,26,27,31). The molecule has 2 amide bonds. The van der Waals surface area contributed by atoms with Crippen LogP contribution in [0.5, 0.6) is 0 Å². The molecule has 1 unspecified atom stereocenters. The summed E-state index contributed by atoms with van der Waals surface area (Å²) in [6.07, 6.45) is 0. The van der Waals surface area contributed by atoms with Crippen molar-refractivity contribution in [2.45, 2.75) is 40.7 Å². The number of urea groups is 1. The summed E-state index contributed by atoms with van der Waals surface area (Å²) in [6, 6.07) is 12.3. The van der Waals surface area contributed by atoms with Crippen LogP contribution in [0.2, 0.25) is 0 Å². The number of carbonyl (C=O) groups excluding carboxylic acids is 2. The number of nitrogens with one attached hydrogen (secondary N) is 3. The normalized spacial score (nSPS) is 15.7. The summed E-state index contributed by atoms with van der Waals surface area (Å²) in [6.45, 7) is 10.5. The Morgan fingerprint density at radius 2 is 1.76 bits per heavy atom. The van der Waals surface area contributed by atoms with Gasteiger partial charge in [-0.2, -0.15) is 0 Å². The van der Waals surface area contributed by atoms with E-state index in [2.05, 4.69) is 16.0 Å². The number of anilines is 2. The molecule has 3 N–H and O–H groups in total. The quantitative estimate of drug-likeness (QED) is 0.409. The van der Waals surface area contributed by atoms with Crippen molar-refractivity contribution in [2.24, 2.45) is 0 Å². The van der Waals surface area contributed by atoms with E-state index in [0.29, 0.717) is 22.9 Å². The third kappa shape index (κ3) is 5.34. The summed E-state index contributed by atoms with van der Waals surface area (Å²) in [4.78, 5) is 27.1. The number of thiocarbonyl (C=S) groups is 1. The van der Waals surface area contributed by atoms with Crippen LogP contribution in [0.3, 0.4) is 0 Å².